The summed E-state index contributed by atoms with van der Waals surface area (Å²) in [5.74, 6) is -1.73. The van der Waals surface area contributed by atoms with Crippen LogP contribution in [0.1, 0.15) is 56.9 Å². The molecule has 3 amide bonds. The van der Waals surface area contributed by atoms with Crippen LogP contribution in [0.3, 0.4) is 0 Å². The van der Waals surface area contributed by atoms with Crippen LogP contribution in [-0.4, -0.2) is 47.9 Å². The van der Waals surface area contributed by atoms with E-state index in [2.05, 4.69) is 25.7 Å². The Morgan fingerprint density at radius 1 is 1.28 bits per heavy atom. The van der Waals surface area contributed by atoms with Crippen molar-refractivity contribution in [2.24, 2.45) is 11.3 Å². The predicted molar refractivity (Wildman–Crippen MR) is 128 cm³/mol. The number of H-pyrrole nitrogens is 1. The molecule has 0 aliphatic carbocycles. The lowest BCUT2D eigenvalue weighted by Crippen LogP contribution is -2.51. The lowest BCUT2D eigenvalue weighted by molar-refractivity contribution is -0.128. The lowest BCUT2D eigenvalue weighted by atomic mass is 9.87. The number of nitrogens with one attached hydrogen (secondary N) is 4. The van der Waals surface area contributed by atoms with Crippen molar-refractivity contribution in [1.29, 1.82) is 5.26 Å². The Labute approximate surface area is 207 Å². The molecule has 2 aromatic rings. The number of nitrogens with zero attached hydrogens (tertiary/aromatic N) is 1. The number of benzene rings is 1. The van der Waals surface area contributed by atoms with Crippen molar-refractivity contribution in [3.63, 3.8) is 0 Å². The quantitative estimate of drug-likeness (QED) is 0.417. The summed E-state index contributed by atoms with van der Waals surface area (Å²) in [5, 5.41) is 18.0. The molecule has 3 atom stereocenters. The highest BCUT2D eigenvalue weighted by molar-refractivity contribution is 6.01. The van der Waals surface area contributed by atoms with Crippen LogP contribution in [0.25, 0.3) is 10.9 Å². The zero-order chi connectivity index (χ0) is 26.5. The van der Waals surface area contributed by atoms with Gasteiger partial charge >= 0.3 is 6.61 Å². The van der Waals surface area contributed by atoms with Crippen molar-refractivity contribution >= 4 is 28.6 Å². The van der Waals surface area contributed by atoms with Gasteiger partial charge < -0.3 is 25.7 Å². The van der Waals surface area contributed by atoms with Gasteiger partial charge in [0, 0.05) is 23.4 Å². The van der Waals surface area contributed by atoms with Crippen molar-refractivity contribution in [2.45, 2.75) is 65.1 Å². The normalized spacial score (nSPS) is 17.7. The number of piperidine rings is 1. The molecular formula is C25H31F2N5O4. The average Bonchev–Trinajstić information content (AvgIpc) is 3.24. The molecule has 0 bridgehead atoms. The molecule has 1 aromatic carbocycles. The Balaban J connectivity index is 1.75. The molecule has 11 heteroatoms. The molecule has 1 fully saturated rings. The number of hydrogen-bond acceptors (Lipinski definition) is 5. The zero-order valence-electron chi connectivity index (χ0n) is 20.5. The number of hydrogen-bond donors (Lipinski definition) is 4. The van der Waals surface area contributed by atoms with Gasteiger partial charge in [0.05, 0.1) is 6.07 Å². The number of ether oxygens (including phenoxy) is 1. The van der Waals surface area contributed by atoms with Gasteiger partial charge in [-0.3, -0.25) is 14.4 Å². The summed E-state index contributed by atoms with van der Waals surface area (Å²) in [5.41, 5.74) is 0.141. The van der Waals surface area contributed by atoms with Crippen LogP contribution in [0.2, 0.25) is 0 Å². The van der Waals surface area contributed by atoms with Crippen LogP contribution in [0.15, 0.2) is 24.3 Å². The van der Waals surface area contributed by atoms with Gasteiger partial charge in [0.1, 0.15) is 23.5 Å². The SMILES string of the molecule is CC(C)(C)C[C@H](NC(=O)c1cc2c(OC(F)F)cccc2[nH]1)C(=O)N[C@H](C#N)C[C@@H]1CCCNC1=O. The highest BCUT2D eigenvalue weighted by Crippen LogP contribution is 2.28. The minimum Gasteiger partial charge on any atom is -0.434 e. The highest BCUT2D eigenvalue weighted by Gasteiger charge is 2.31. The number of rotatable bonds is 9. The van der Waals surface area contributed by atoms with Crippen LogP contribution in [0, 0.1) is 22.7 Å². The molecule has 0 radical (unpaired) electrons. The molecule has 1 aliphatic heterocycles. The molecule has 1 aromatic heterocycles. The third kappa shape index (κ3) is 7.16. The summed E-state index contributed by atoms with van der Waals surface area (Å²) >= 11 is 0. The highest BCUT2D eigenvalue weighted by atomic mass is 19.3. The molecule has 194 valence electrons. The van der Waals surface area contributed by atoms with Gasteiger partial charge in [-0.2, -0.15) is 14.0 Å². The van der Waals surface area contributed by atoms with E-state index in [4.69, 9.17) is 0 Å². The number of nitriles is 1. The zero-order valence-corrected chi connectivity index (χ0v) is 20.5. The number of aromatic amines is 1. The molecule has 2 heterocycles. The summed E-state index contributed by atoms with van der Waals surface area (Å²) in [6, 6.07) is 6.05. The van der Waals surface area contributed by atoms with E-state index in [-0.39, 0.29) is 41.5 Å². The van der Waals surface area contributed by atoms with Crippen LogP contribution >= 0.6 is 0 Å². The lowest BCUT2D eigenvalue weighted by Gasteiger charge is -2.28. The minimum atomic E-state index is -3.02. The van der Waals surface area contributed by atoms with E-state index in [0.29, 0.717) is 23.9 Å². The van der Waals surface area contributed by atoms with Gasteiger partial charge in [-0.1, -0.05) is 26.8 Å². The molecule has 0 unspecified atom stereocenters. The molecule has 3 rings (SSSR count). The summed E-state index contributed by atoms with van der Waals surface area (Å²) in [7, 11) is 0. The summed E-state index contributed by atoms with van der Waals surface area (Å²) in [6.07, 6.45) is 1.89. The van der Waals surface area contributed by atoms with E-state index in [1.807, 2.05) is 26.8 Å². The van der Waals surface area contributed by atoms with Gasteiger partial charge in [-0.25, -0.2) is 0 Å². The monoisotopic (exact) mass is 503 g/mol. The van der Waals surface area contributed by atoms with E-state index in [1.54, 1.807) is 6.07 Å². The first kappa shape index (κ1) is 26.9. The van der Waals surface area contributed by atoms with Gasteiger partial charge in [0.15, 0.2) is 0 Å². The van der Waals surface area contributed by atoms with Gasteiger partial charge in [-0.05, 0) is 49.3 Å². The summed E-state index contributed by atoms with van der Waals surface area (Å²) in [4.78, 5) is 41.1. The third-order valence-corrected chi connectivity index (χ3v) is 5.92. The number of halogens is 2. The standard InChI is InChI=1S/C25H31F2N5O4/c1-25(2,3)12-19(23(35)30-15(13-28)10-14-6-5-9-29-21(14)33)32-22(34)18-11-16-17(31-18)7-4-8-20(16)36-24(26)27/h4,7-8,11,14-15,19,24,31H,5-6,9-10,12H2,1-3H3,(H,29,33)(H,30,35)(H,32,34)/t14-,15-,19-/m0/s1. The molecule has 0 saturated carbocycles. The fourth-order valence-corrected chi connectivity index (χ4v) is 4.27. The van der Waals surface area contributed by atoms with Gasteiger partial charge in [0.2, 0.25) is 11.8 Å². The third-order valence-electron chi connectivity index (χ3n) is 5.92. The average molecular weight is 504 g/mol. The molecule has 1 aliphatic rings. The van der Waals surface area contributed by atoms with Gasteiger partial charge in [-0.15, -0.1) is 0 Å². The van der Waals surface area contributed by atoms with Crippen molar-refractivity contribution in [2.75, 3.05) is 6.54 Å². The van der Waals surface area contributed by atoms with Crippen LogP contribution in [0.5, 0.6) is 5.75 Å². The van der Waals surface area contributed by atoms with Crippen molar-refractivity contribution < 1.29 is 27.9 Å². The van der Waals surface area contributed by atoms with E-state index >= 15 is 0 Å². The number of amides is 3. The Morgan fingerprint density at radius 2 is 2.03 bits per heavy atom. The number of aromatic nitrogens is 1. The number of carbonyl (C=O) groups is 3. The summed E-state index contributed by atoms with van der Waals surface area (Å²) < 4.78 is 30.0. The van der Waals surface area contributed by atoms with Crippen LogP contribution in [0.4, 0.5) is 8.78 Å². The van der Waals surface area contributed by atoms with Gasteiger partial charge in [0.25, 0.3) is 5.91 Å². The fourth-order valence-electron chi connectivity index (χ4n) is 4.27. The molecule has 36 heavy (non-hydrogen) atoms. The smallest absolute Gasteiger partial charge is 0.387 e. The topological polar surface area (TPSA) is 136 Å². The maximum absolute atomic E-state index is 13.1. The first-order chi connectivity index (χ1) is 17.0. The first-order valence-corrected chi connectivity index (χ1v) is 11.8. The first-order valence-electron chi connectivity index (χ1n) is 11.8. The number of fused-ring (bicyclic) bond motifs is 1. The molecule has 4 N–H and O–H groups in total. The maximum atomic E-state index is 13.1. The van der Waals surface area contributed by atoms with E-state index in [9.17, 15) is 28.4 Å². The molecule has 0 spiro atoms. The van der Waals surface area contributed by atoms with Crippen molar-refractivity contribution in [1.82, 2.24) is 20.9 Å². The second-order valence-corrected chi connectivity index (χ2v) is 10.1. The van der Waals surface area contributed by atoms with Crippen LogP contribution < -0.4 is 20.7 Å². The van der Waals surface area contributed by atoms with Crippen LogP contribution in [-0.2, 0) is 9.59 Å². The minimum absolute atomic E-state index is 0.0673. The Morgan fingerprint density at radius 3 is 2.67 bits per heavy atom. The fraction of sp³-hybridized carbons (Fsp3) is 0.520. The molecule has 1 saturated heterocycles. The number of carbonyl (C=O) groups excluding carboxylic acids is 3. The van der Waals surface area contributed by atoms with E-state index < -0.39 is 30.5 Å². The second kappa shape index (κ2) is 11.4. The Hall–Kier alpha value is -3.68. The largest absolute Gasteiger partial charge is 0.434 e. The second-order valence-electron chi connectivity index (χ2n) is 10.1. The van der Waals surface area contributed by atoms with Crippen molar-refractivity contribution in [3.05, 3.63) is 30.0 Å². The molecular weight excluding hydrogens is 472 g/mol. The van der Waals surface area contributed by atoms with E-state index in [1.165, 1.54) is 18.2 Å². The summed E-state index contributed by atoms with van der Waals surface area (Å²) in [6.45, 7) is 3.30. The Bertz CT molecular complexity index is 1150. The van der Waals surface area contributed by atoms with E-state index in [0.717, 1.165) is 6.42 Å². The Kier molecular flexibility index (Phi) is 8.50. The predicted octanol–water partition coefficient (Wildman–Crippen LogP) is 3.23. The van der Waals surface area contributed by atoms with Crippen molar-refractivity contribution in [3.8, 4) is 11.8 Å². The maximum Gasteiger partial charge on any atom is 0.387 e. The number of alkyl halides is 2. The molecule has 9 nitrogen and oxygen atoms in total.